The smallest absolute Gasteiger partial charge is 0.258 e. The molecule has 21 heavy (non-hydrogen) atoms. The molecule has 2 aromatic rings. The highest BCUT2D eigenvalue weighted by atomic mass is 16.2. The Hall–Kier alpha value is -2.82. The van der Waals surface area contributed by atoms with Crippen LogP contribution < -0.4 is 16.0 Å². The zero-order valence-corrected chi connectivity index (χ0v) is 11.6. The van der Waals surface area contributed by atoms with Crippen molar-refractivity contribution < 1.29 is 9.59 Å². The molecule has 0 atom stereocenters. The van der Waals surface area contributed by atoms with Crippen molar-refractivity contribution in [3.63, 3.8) is 0 Å². The van der Waals surface area contributed by atoms with Crippen LogP contribution >= 0.6 is 0 Å². The molecule has 1 heterocycles. The van der Waals surface area contributed by atoms with Crippen LogP contribution in [-0.2, 0) is 4.79 Å². The molecule has 106 valence electrons. The van der Waals surface area contributed by atoms with Crippen LogP contribution in [0, 0.1) is 6.92 Å². The third-order valence-electron chi connectivity index (χ3n) is 3.53. The van der Waals surface area contributed by atoms with Gasteiger partial charge in [0.25, 0.3) is 5.91 Å². The number of rotatable bonds is 1. The van der Waals surface area contributed by atoms with E-state index in [1.54, 1.807) is 24.3 Å². The number of nitrogen functional groups attached to an aromatic ring is 1. The van der Waals surface area contributed by atoms with Gasteiger partial charge in [0, 0.05) is 11.3 Å². The summed E-state index contributed by atoms with van der Waals surface area (Å²) < 4.78 is 0. The number of nitrogens with two attached hydrogens (primary N) is 1. The van der Waals surface area contributed by atoms with Gasteiger partial charge in [0.1, 0.15) is 6.54 Å². The van der Waals surface area contributed by atoms with E-state index >= 15 is 0 Å². The van der Waals surface area contributed by atoms with Crippen LogP contribution in [0.5, 0.6) is 0 Å². The Kier molecular flexibility index (Phi) is 3.10. The Labute approximate surface area is 122 Å². The lowest BCUT2D eigenvalue weighted by Crippen LogP contribution is -2.42. The number of benzene rings is 2. The van der Waals surface area contributed by atoms with Gasteiger partial charge in [-0.3, -0.25) is 14.5 Å². The van der Waals surface area contributed by atoms with Crippen LogP contribution in [0.25, 0.3) is 0 Å². The predicted molar refractivity (Wildman–Crippen MR) is 82.3 cm³/mol. The molecule has 2 aromatic carbocycles. The Morgan fingerprint density at radius 1 is 1.24 bits per heavy atom. The van der Waals surface area contributed by atoms with E-state index in [1.165, 1.54) is 4.90 Å². The molecule has 1 aliphatic rings. The van der Waals surface area contributed by atoms with Gasteiger partial charge < -0.3 is 11.1 Å². The molecular weight excluding hydrogens is 266 g/mol. The fourth-order valence-corrected chi connectivity index (χ4v) is 2.38. The first-order valence-electron chi connectivity index (χ1n) is 6.63. The third-order valence-corrected chi connectivity index (χ3v) is 3.53. The molecule has 0 fully saturated rings. The first-order valence-corrected chi connectivity index (χ1v) is 6.63. The maximum atomic E-state index is 12.7. The van der Waals surface area contributed by atoms with Gasteiger partial charge in [0.05, 0.1) is 11.4 Å². The van der Waals surface area contributed by atoms with Crippen molar-refractivity contribution in [3.8, 4) is 0 Å². The number of nitrogens with zero attached hydrogens (tertiary/aromatic N) is 1. The lowest BCUT2D eigenvalue weighted by molar-refractivity contribution is -0.115. The molecule has 0 bridgehead atoms. The third kappa shape index (κ3) is 2.33. The number of aryl methyl sites for hydroxylation is 1. The van der Waals surface area contributed by atoms with Crippen molar-refractivity contribution in [2.24, 2.45) is 0 Å². The highest BCUT2D eigenvalue weighted by molar-refractivity contribution is 6.15. The van der Waals surface area contributed by atoms with E-state index < -0.39 is 0 Å². The Bertz CT molecular complexity index is 740. The monoisotopic (exact) mass is 281 g/mol. The minimum absolute atomic E-state index is 0.0132. The predicted octanol–water partition coefficient (Wildman–Crippen LogP) is 2.18. The molecule has 0 unspecified atom stereocenters. The number of amides is 2. The van der Waals surface area contributed by atoms with Crippen molar-refractivity contribution in [2.45, 2.75) is 6.92 Å². The van der Waals surface area contributed by atoms with Crippen LogP contribution in [0.1, 0.15) is 15.9 Å². The highest BCUT2D eigenvalue weighted by Crippen LogP contribution is 2.30. The maximum absolute atomic E-state index is 12.7. The van der Waals surface area contributed by atoms with Gasteiger partial charge >= 0.3 is 0 Å². The lowest BCUT2D eigenvalue weighted by Gasteiger charge is -2.29. The van der Waals surface area contributed by atoms with E-state index in [2.05, 4.69) is 5.32 Å². The molecule has 0 spiro atoms. The Morgan fingerprint density at radius 2 is 2.00 bits per heavy atom. The molecule has 3 N–H and O–H groups in total. The summed E-state index contributed by atoms with van der Waals surface area (Å²) in [5.41, 5.74) is 9.13. The summed E-state index contributed by atoms with van der Waals surface area (Å²) in [6, 6.07) is 12.4. The number of anilines is 3. The average molecular weight is 281 g/mol. The minimum atomic E-state index is -0.208. The Morgan fingerprint density at radius 3 is 2.76 bits per heavy atom. The van der Waals surface area contributed by atoms with Crippen molar-refractivity contribution in [3.05, 3.63) is 53.6 Å². The van der Waals surface area contributed by atoms with Crippen LogP contribution in [0.4, 0.5) is 17.1 Å². The van der Waals surface area contributed by atoms with Gasteiger partial charge in [-0.05, 0) is 42.8 Å². The molecule has 0 radical (unpaired) electrons. The van der Waals surface area contributed by atoms with Gasteiger partial charge in [-0.1, -0.05) is 12.1 Å². The summed E-state index contributed by atoms with van der Waals surface area (Å²) in [5, 5.41) is 2.76. The molecule has 5 nitrogen and oxygen atoms in total. The molecule has 5 heteroatoms. The first kappa shape index (κ1) is 13.2. The standard InChI is InChI=1S/C16H15N3O2/c1-10-8-11(6-7-12(10)17)16(21)19-9-15(20)18-13-4-2-3-5-14(13)19/h2-8H,9,17H2,1H3,(H,18,20). The summed E-state index contributed by atoms with van der Waals surface area (Å²) in [6.45, 7) is 1.86. The highest BCUT2D eigenvalue weighted by Gasteiger charge is 2.27. The summed E-state index contributed by atoms with van der Waals surface area (Å²) in [5.74, 6) is -0.408. The molecule has 0 aliphatic carbocycles. The number of nitrogens with one attached hydrogen (secondary N) is 1. The topological polar surface area (TPSA) is 75.4 Å². The van der Waals surface area contributed by atoms with E-state index in [4.69, 9.17) is 5.73 Å². The number of fused-ring (bicyclic) bond motifs is 1. The molecular formula is C16H15N3O2. The summed E-state index contributed by atoms with van der Waals surface area (Å²) in [7, 11) is 0. The van der Waals surface area contributed by atoms with E-state index in [1.807, 2.05) is 25.1 Å². The van der Waals surface area contributed by atoms with Gasteiger partial charge in [-0.15, -0.1) is 0 Å². The van der Waals surface area contributed by atoms with Crippen molar-refractivity contribution >= 4 is 28.9 Å². The summed E-state index contributed by atoms with van der Waals surface area (Å²) in [6.07, 6.45) is 0. The summed E-state index contributed by atoms with van der Waals surface area (Å²) in [4.78, 5) is 25.9. The second-order valence-electron chi connectivity index (χ2n) is 5.03. The second kappa shape index (κ2) is 4.94. The van der Waals surface area contributed by atoms with Gasteiger partial charge in [-0.2, -0.15) is 0 Å². The van der Waals surface area contributed by atoms with E-state index in [9.17, 15) is 9.59 Å². The number of hydrogen-bond acceptors (Lipinski definition) is 3. The number of para-hydroxylation sites is 2. The largest absolute Gasteiger partial charge is 0.399 e. The Balaban J connectivity index is 2.01. The quantitative estimate of drug-likeness (QED) is 0.787. The van der Waals surface area contributed by atoms with Gasteiger partial charge in [0.15, 0.2) is 0 Å². The van der Waals surface area contributed by atoms with E-state index in [-0.39, 0.29) is 18.4 Å². The number of hydrogen-bond donors (Lipinski definition) is 2. The molecule has 3 rings (SSSR count). The van der Waals surface area contributed by atoms with Crippen molar-refractivity contribution in [2.75, 3.05) is 22.5 Å². The van der Waals surface area contributed by atoms with E-state index in [0.29, 0.717) is 22.6 Å². The van der Waals surface area contributed by atoms with Crippen LogP contribution in [0.3, 0.4) is 0 Å². The fraction of sp³-hybridized carbons (Fsp3) is 0.125. The molecule has 0 saturated heterocycles. The maximum Gasteiger partial charge on any atom is 0.258 e. The SMILES string of the molecule is Cc1cc(C(=O)N2CC(=O)Nc3ccccc32)ccc1N. The normalized spacial score (nSPS) is 13.6. The first-order chi connectivity index (χ1) is 10.1. The molecule has 0 aromatic heterocycles. The summed E-state index contributed by atoms with van der Waals surface area (Å²) >= 11 is 0. The zero-order valence-electron chi connectivity index (χ0n) is 11.6. The van der Waals surface area contributed by atoms with Crippen molar-refractivity contribution in [1.82, 2.24) is 0 Å². The second-order valence-corrected chi connectivity index (χ2v) is 5.03. The molecule has 0 saturated carbocycles. The van der Waals surface area contributed by atoms with E-state index in [0.717, 1.165) is 5.56 Å². The number of carbonyl (C=O) groups excluding carboxylic acids is 2. The van der Waals surface area contributed by atoms with Crippen LogP contribution in [0.2, 0.25) is 0 Å². The number of carbonyl (C=O) groups is 2. The zero-order chi connectivity index (χ0) is 15.0. The molecule has 1 aliphatic heterocycles. The molecule has 2 amide bonds. The average Bonchev–Trinajstić information content (AvgIpc) is 2.48. The van der Waals surface area contributed by atoms with Crippen molar-refractivity contribution in [1.29, 1.82) is 0 Å². The van der Waals surface area contributed by atoms with Gasteiger partial charge in [-0.25, -0.2) is 0 Å². The minimum Gasteiger partial charge on any atom is -0.399 e. The fourth-order valence-electron chi connectivity index (χ4n) is 2.38. The van der Waals surface area contributed by atoms with Crippen LogP contribution in [0.15, 0.2) is 42.5 Å². The lowest BCUT2D eigenvalue weighted by atomic mass is 10.1. The van der Waals surface area contributed by atoms with Crippen LogP contribution in [-0.4, -0.2) is 18.4 Å². The van der Waals surface area contributed by atoms with Gasteiger partial charge in [0.2, 0.25) is 5.91 Å².